The molecule has 0 saturated heterocycles. The Kier molecular flexibility index (Phi) is 6.88. The molecule has 7 nitrogen and oxygen atoms in total. The Balaban J connectivity index is 2.43. The van der Waals surface area contributed by atoms with Gasteiger partial charge in [0.15, 0.2) is 6.61 Å². The van der Waals surface area contributed by atoms with Gasteiger partial charge in [0.05, 0.1) is 7.11 Å². The Morgan fingerprint density at radius 2 is 1.86 bits per heavy atom. The number of nitrogens with one attached hydrogen (secondary N) is 2. The number of benzene rings is 1. The molecule has 0 fully saturated rings. The molecule has 0 aliphatic rings. The number of rotatable bonds is 6. The fourth-order valence-corrected chi connectivity index (χ4v) is 1.53. The lowest BCUT2D eigenvalue weighted by Crippen LogP contribution is -2.42. The molecule has 0 atom stereocenters. The number of methoxy groups -OCH3 is 1. The third-order valence-corrected chi connectivity index (χ3v) is 2.59. The minimum atomic E-state index is -0.704. The summed E-state index contributed by atoms with van der Waals surface area (Å²) in [7, 11) is 1.43. The van der Waals surface area contributed by atoms with Crippen LogP contribution in [-0.2, 0) is 9.53 Å². The first kappa shape index (κ1) is 17.5. The molecule has 120 valence electrons. The average molecular weight is 308 g/mol. The van der Waals surface area contributed by atoms with Crippen LogP contribution < -0.4 is 15.4 Å². The van der Waals surface area contributed by atoms with Gasteiger partial charge in [-0.05, 0) is 18.1 Å². The second-order valence-corrected chi connectivity index (χ2v) is 4.93. The molecule has 0 bridgehead atoms. The predicted octanol–water partition coefficient (Wildman–Crippen LogP) is 1.33. The maximum absolute atomic E-state index is 11.8. The first-order valence-electron chi connectivity index (χ1n) is 6.81. The Morgan fingerprint density at radius 1 is 1.18 bits per heavy atom. The van der Waals surface area contributed by atoms with Gasteiger partial charge in [0.25, 0.3) is 5.91 Å². The topological polar surface area (TPSA) is 93.7 Å². The Labute approximate surface area is 129 Å². The van der Waals surface area contributed by atoms with Crippen molar-refractivity contribution in [3.63, 3.8) is 0 Å². The Morgan fingerprint density at radius 3 is 2.50 bits per heavy atom. The molecule has 0 aliphatic heterocycles. The van der Waals surface area contributed by atoms with Crippen LogP contribution in [0.25, 0.3) is 0 Å². The maximum Gasteiger partial charge on any atom is 0.342 e. The van der Waals surface area contributed by atoms with Crippen molar-refractivity contribution in [3.05, 3.63) is 29.8 Å². The number of esters is 1. The van der Waals surface area contributed by atoms with E-state index in [0.717, 1.165) is 0 Å². The molecule has 0 aromatic heterocycles. The number of hydrogen-bond acceptors (Lipinski definition) is 5. The van der Waals surface area contributed by atoms with Crippen molar-refractivity contribution in [2.75, 3.05) is 20.3 Å². The summed E-state index contributed by atoms with van der Waals surface area (Å²) in [5.41, 5.74) is 0.210. The molecule has 0 unspecified atom stereocenters. The van der Waals surface area contributed by atoms with E-state index >= 15 is 0 Å². The molecular weight excluding hydrogens is 288 g/mol. The van der Waals surface area contributed by atoms with Crippen molar-refractivity contribution in [2.24, 2.45) is 5.92 Å². The summed E-state index contributed by atoms with van der Waals surface area (Å²) >= 11 is 0. The van der Waals surface area contributed by atoms with Crippen molar-refractivity contribution >= 4 is 17.9 Å². The molecule has 0 aliphatic carbocycles. The third-order valence-electron chi connectivity index (χ3n) is 2.59. The average Bonchev–Trinajstić information content (AvgIpc) is 2.50. The molecule has 1 rings (SSSR count). The molecule has 0 radical (unpaired) electrons. The van der Waals surface area contributed by atoms with Crippen molar-refractivity contribution in [2.45, 2.75) is 13.8 Å². The standard InChI is InChI=1S/C15H20N2O5/c1-10(2)8-16-15(20)17-13(18)9-22-14(19)11-6-4-5-7-12(11)21-3/h4-7,10H,8-9H2,1-3H3,(H2,16,17,18,20). The quantitative estimate of drug-likeness (QED) is 0.773. The zero-order valence-electron chi connectivity index (χ0n) is 12.8. The number of imide groups is 1. The zero-order valence-corrected chi connectivity index (χ0v) is 12.8. The summed E-state index contributed by atoms with van der Waals surface area (Å²) in [6.45, 7) is 3.75. The van der Waals surface area contributed by atoms with E-state index < -0.39 is 24.5 Å². The number of urea groups is 1. The van der Waals surface area contributed by atoms with E-state index in [1.54, 1.807) is 18.2 Å². The van der Waals surface area contributed by atoms with Gasteiger partial charge in [0, 0.05) is 6.54 Å². The molecule has 1 aromatic carbocycles. The third kappa shape index (κ3) is 5.82. The van der Waals surface area contributed by atoms with E-state index in [1.165, 1.54) is 13.2 Å². The molecule has 2 N–H and O–H groups in total. The van der Waals surface area contributed by atoms with Gasteiger partial charge < -0.3 is 14.8 Å². The number of carbonyl (C=O) groups excluding carboxylic acids is 3. The molecular formula is C15H20N2O5. The zero-order chi connectivity index (χ0) is 16.5. The molecule has 22 heavy (non-hydrogen) atoms. The SMILES string of the molecule is COc1ccccc1C(=O)OCC(=O)NC(=O)NCC(C)C. The van der Waals surface area contributed by atoms with Crippen LogP contribution in [0.1, 0.15) is 24.2 Å². The van der Waals surface area contributed by atoms with E-state index in [2.05, 4.69) is 10.6 Å². The number of amides is 3. The highest BCUT2D eigenvalue weighted by Gasteiger charge is 2.15. The van der Waals surface area contributed by atoms with Crippen molar-refractivity contribution in [1.82, 2.24) is 10.6 Å². The van der Waals surface area contributed by atoms with Crippen LogP contribution >= 0.6 is 0 Å². The summed E-state index contributed by atoms with van der Waals surface area (Å²) < 4.78 is 9.87. The van der Waals surface area contributed by atoms with Gasteiger partial charge >= 0.3 is 12.0 Å². The van der Waals surface area contributed by atoms with Crippen molar-refractivity contribution in [1.29, 1.82) is 0 Å². The van der Waals surface area contributed by atoms with Crippen LogP contribution in [0.5, 0.6) is 5.75 Å². The summed E-state index contributed by atoms with van der Waals surface area (Å²) in [5.74, 6) is -0.786. The number of ether oxygens (including phenoxy) is 2. The number of carbonyl (C=O) groups is 3. The Hall–Kier alpha value is -2.57. The fraction of sp³-hybridized carbons (Fsp3) is 0.400. The van der Waals surface area contributed by atoms with Crippen LogP contribution in [0.2, 0.25) is 0 Å². The van der Waals surface area contributed by atoms with Crippen LogP contribution in [0.3, 0.4) is 0 Å². The molecule has 0 spiro atoms. The summed E-state index contributed by atoms with van der Waals surface area (Å²) in [5, 5.41) is 4.59. The molecule has 1 aromatic rings. The highest BCUT2D eigenvalue weighted by atomic mass is 16.5. The van der Waals surface area contributed by atoms with E-state index in [0.29, 0.717) is 12.3 Å². The van der Waals surface area contributed by atoms with E-state index in [1.807, 2.05) is 13.8 Å². The lowest BCUT2D eigenvalue weighted by Gasteiger charge is -2.10. The molecule has 0 saturated carbocycles. The van der Waals surface area contributed by atoms with Gasteiger partial charge in [-0.2, -0.15) is 0 Å². The van der Waals surface area contributed by atoms with Gasteiger partial charge in [-0.1, -0.05) is 26.0 Å². The lowest BCUT2D eigenvalue weighted by molar-refractivity contribution is -0.123. The first-order chi connectivity index (χ1) is 10.4. The van der Waals surface area contributed by atoms with Crippen LogP contribution in [0.4, 0.5) is 4.79 Å². The highest BCUT2D eigenvalue weighted by Crippen LogP contribution is 2.17. The molecule has 0 heterocycles. The smallest absolute Gasteiger partial charge is 0.342 e. The lowest BCUT2D eigenvalue weighted by atomic mass is 10.2. The summed E-state index contributed by atoms with van der Waals surface area (Å²) in [6, 6.07) is 5.87. The van der Waals surface area contributed by atoms with Gasteiger partial charge in [-0.25, -0.2) is 9.59 Å². The van der Waals surface area contributed by atoms with Gasteiger partial charge in [0.1, 0.15) is 11.3 Å². The predicted molar refractivity (Wildman–Crippen MR) is 79.7 cm³/mol. The van der Waals surface area contributed by atoms with Crippen LogP contribution in [0.15, 0.2) is 24.3 Å². The number of hydrogen-bond donors (Lipinski definition) is 2. The minimum Gasteiger partial charge on any atom is -0.496 e. The van der Waals surface area contributed by atoms with Gasteiger partial charge in [-0.3, -0.25) is 10.1 Å². The summed E-state index contributed by atoms with van der Waals surface area (Å²) in [4.78, 5) is 34.7. The fourth-order valence-electron chi connectivity index (χ4n) is 1.53. The van der Waals surface area contributed by atoms with Crippen LogP contribution in [0, 0.1) is 5.92 Å². The Bertz CT molecular complexity index is 542. The normalized spacial score (nSPS) is 10.0. The molecule has 7 heteroatoms. The number of para-hydroxylation sites is 1. The van der Waals surface area contributed by atoms with E-state index in [9.17, 15) is 14.4 Å². The monoisotopic (exact) mass is 308 g/mol. The van der Waals surface area contributed by atoms with Crippen molar-refractivity contribution in [3.8, 4) is 5.75 Å². The van der Waals surface area contributed by atoms with E-state index in [-0.39, 0.29) is 11.5 Å². The van der Waals surface area contributed by atoms with E-state index in [4.69, 9.17) is 9.47 Å². The largest absolute Gasteiger partial charge is 0.496 e. The summed E-state index contributed by atoms with van der Waals surface area (Å²) in [6.07, 6.45) is 0. The highest BCUT2D eigenvalue weighted by molar-refractivity contribution is 5.97. The van der Waals surface area contributed by atoms with Gasteiger partial charge in [0.2, 0.25) is 0 Å². The minimum absolute atomic E-state index is 0.210. The van der Waals surface area contributed by atoms with Gasteiger partial charge in [-0.15, -0.1) is 0 Å². The van der Waals surface area contributed by atoms with Crippen molar-refractivity contribution < 1.29 is 23.9 Å². The second-order valence-electron chi connectivity index (χ2n) is 4.93. The van der Waals surface area contributed by atoms with Crippen LogP contribution in [-0.4, -0.2) is 38.2 Å². The first-order valence-corrected chi connectivity index (χ1v) is 6.81. The molecule has 3 amide bonds. The maximum atomic E-state index is 11.8. The second kappa shape index (κ2) is 8.66.